The molecule has 0 aliphatic rings. The summed E-state index contributed by atoms with van der Waals surface area (Å²) < 4.78 is 11.0. The molecule has 3 aromatic rings. The summed E-state index contributed by atoms with van der Waals surface area (Å²) in [6.45, 7) is 0. The molecule has 2 heterocycles. The highest BCUT2D eigenvalue weighted by Crippen LogP contribution is 2.31. The Kier molecular flexibility index (Phi) is 2.94. The SMILES string of the molecule is COc1ccc2c(-c3ccc([N+](=O)[O-])o3)cc[n+]([O-])c2c1. The van der Waals surface area contributed by atoms with Gasteiger partial charge in [-0.3, -0.25) is 10.1 Å². The van der Waals surface area contributed by atoms with Gasteiger partial charge in [-0.2, -0.15) is 4.73 Å². The van der Waals surface area contributed by atoms with Crippen LogP contribution in [-0.2, 0) is 0 Å². The zero-order chi connectivity index (χ0) is 15.0. The van der Waals surface area contributed by atoms with Gasteiger partial charge in [0.15, 0.2) is 6.20 Å². The number of benzene rings is 1. The van der Waals surface area contributed by atoms with Gasteiger partial charge in [-0.05, 0) is 18.2 Å². The average molecular weight is 286 g/mol. The number of furan rings is 1. The Labute approximate surface area is 118 Å². The van der Waals surface area contributed by atoms with Crippen molar-refractivity contribution in [1.29, 1.82) is 0 Å². The first-order valence-electron chi connectivity index (χ1n) is 6.04. The Bertz CT molecular complexity index is 840. The van der Waals surface area contributed by atoms with Crippen molar-refractivity contribution in [3.05, 3.63) is 57.9 Å². The van der Waals surface area contributed by atoms with Gasteiger partial charge in [-0.1, -0.05) is 0 Å². The second-order valence-corrected chi connectivity index (χ2v) is 4.33. The second kappa shape index (κ2) is 4.78. The highest BCUT2D eigenvalue weighted by molar-refractivity contribution is 5.92. The maximum Gasteiger partial charge on any atom is 0.433 e. The van der Waals surface area contributed by atoms with Crippen molar-refractivity contribution in [3.8, 4) is 17.1 Å². The summed E-state index contributed by atoms with van der Waals surface area (Å²) in [5.41, 5.74) is 0.999. The van der Waals surface area contributed by atoms with Crippen molar-refractivity contribution in [2.45, 2.75) is 0 Å². The molecule has 3 rings (SSSR count). The first-order chi connectivity index (χ1) is 10.1. The molecule has 106 valence electrons. The van der Waals surface area contributed by atoms with E-state index in [1.54, 1.807) is 24.3 Å². The van der Waals surface area contributed by atoms with Gasteiger partial charge in [0.2, 0.25) is 5.52 Å². The van der Waals surface area contributed by atoms with Gasteiger partial charge in [-0.25, -0.2) is 0 Å². The van der Waals surface area contributed by atoms with E-state index in [-0.39, 0.29) is 5.88 Å². The van der Waals surface area contributed by atoms with E-state index in [2.05, 4.69) is 0 Å². The number of aromatic nitrogens is 1. The number of ether oxygens (including phenoxy) is 1. The molecule has 0 bridgehead atoms. The van der Waals surface area contributed by atoms with Gasteiger partial charge < -0.3 is 14.4 Å². The van der Waals surface area contributed by atoms with E-state index in [4.69, 9.17) is 9.15 Å². The van der Waals surface area contributed by atoms with Crippen LogP contribution in [0.15, 0.2) is 47.0 Å². The maximum absolute atomic E-state index is 11.9. The van der Waals surface area contributed by atoms with E-state index >= 15 is 0 Å². The third-order valence-electron chi connectivity index (χ3n) is 3.15. The van der Waals surface area contributed by atoms with E-state index in [9.17, 15) is 15.3 Å². The number of hydrogen-bond acceptors (Lipinski definition) is 5. The van der Waals surface area contributed by atoms with Gasteiger partial charge in [0.05, 0.1) is 24.6 Å². The molecule has 0 radical (unpaired) electrons. The average Bonchev–Trinajstić information content (AvgIpc) is 2.97. The molecule has 21 heavy (non-hydrogen) atoms. The molecule has 0 saturated carbocycles. The fourth-order valence-electron chi connectivity index (χ4n) is 2.15. The standard InChI is InChI=1S/C14H10N2O5/c1-20-9-2-3-10-11(6-7-15(17)12(10)8-9)13-4-5-14(21-13)16(18)19/h2-8H,1H3. The van der Waals surface area contributed by atoms with Crippen molar-refractivity contribution in [2.75, 3.05) is 7.11 Å². The molecule has 0 amide bonds. The Morgan fingerprint density at radius 1 is 1.24 bits per heavy atom. The number of nitrogens with zero attached hydrogens (tertiary/aromatic N) is 2. The third kappa shape index (κ3) is 2.14. The van der Waals surface area contributed by atoms with Gasteiger partial charge in [-0.15, -0.1) is 0 Å². The largest absolute Gasteiger partial charge is 0.618 e. The zero-order valence-corrected chi connectivity index (χ0v) is 11.0. The first-order valence-corrected chi connectivity index (χ1v) is 6.04. The van der Waals surface area contributed by atoms with Crippen molar-refractivity contribution in [1.82, 2.24) is 0 Å². The molecule has 0 aliphatic carbocycles. The van der Waals surface area contributed by atoms with Crippen molar-refractivity contribution in [3.63, 3.8) is 0 Å². The van der Waals surface area contributed by atoms with Crippen LogP contribution in [0.25, 0.3) is 22.2 Å². The molecular weight excluding hydrogens is 276 g/mol. The van der Waals surface area contributed by atoms with Crippen LogP contribution in [0, 0.1) is 15.3 Å². The normalized spacial score (nSPS) is 10.7. The van der Waals surface area contributed by atoms with Gasteiger partial charge in [0, 0.05) is 11.6 Å². The van der Waals surface area contributed by atoms with Crippen LogP contribution in [-0.4, -0.2) is 12.0 Å². The van der Waals surface area contributed by atoms with E-state index in [0.29, 0.717) is 32.7 Å². The maximum atomic E-state index is 11.9. The molecule has 0 aliphatic heterocycles. The van der Waals surface area contributed by atoms with Crippen LogP contribution < -0.4 is 9.47 Å². The molecule has 0 saturated heterocycles. The highest BCUT2D eigenvalue weighted by Gasteiger charge is 2.18. The summed E-state index contributed by atoms with van der Waals surface area (Å²) in [4.78, 5) is 10.1. The minimum absolute atomic E-state index is 0.331. The van der Waals surface area contributed by atoms with Gasteiger partial charge >= 0.3 is 5.88 Å². The monoisotopic (exact) mass is 286 g/mol. The van der Waals surface area contributed by atoms with Crippen LogP contribution in [0.3, 0.4) is 0 Å². The number of methoxy groups -OCH3 is 1. The number of nitro groups is 1. The molecule has 0 N–H and O–H groups in total. The van der Waals surface area contributed by atoms with Crippen molar-refractivity contribution >= 4 is 16.8 Å². The number of hydrogen-bond donors (Lipinski definition) is 0. The molecule has 0 spiro atoms. The fourth-order valence-corrected chi connectivity index (χ4v) is 2.15. The molecule has 0 fully saturated rings. The third-order valence-corrected chi connectivity index (χ3v) is 3.15. The highest BCUT2D eigenvalue weighted by atomic mass is 16.6. The minimum atomic E-state index is -0.606. The molecule has 7 nitrogen and oxygen atoms in total. The van der Waals surface area contributed by atoms with Crippen molar-refractivity contribution in [2.24, 2.45) is 0 Å². The van der Waals surface area contributed by atoms with E-state index < -0.39 is 4.92 Å². The molecule has 1 aromatic carbocycles. The van der Waals surface area contributed by atoms with Gasteiger partial charge in [0.1, 0.15) is 16.4 Å². The van der Waals surface area contributed by atoms with Crippen LogP contribution in [0.1, 0.15) is 0 Å². The number of pyridine rings is 1. The first kappa shape index (κ1) is 12.9. The Morgan fingerprint density at radius 2 is 2.05 bits per heavy atom. The second-order valence-electron chi connectivity index (χ2n) is 4.33. The molecule has 0 atom stereocenters. The Morgan fingerprint density at radius 3 is 2.71 bits per heavy atom. The predicted molar refractivity (Wildman–Crippen MR) is 73.8 cm³/mol. The summed E-state index contributed by atoms with van der Waals surface area (Å²) in [5.74, 6) is 0.539. The van der Waals surface area contributed by atoms with Gasteiger partial charge in [0.25, 0.3) is 0 Å². The summed E-state index contributed by atoms with van der Waals surface area (Å²) in [7, 11) is 1.51. The summed E-state index contributed by atoms with van der Waals surface area (Å²) in [5, 5.41) is 23.2. The summed E-state index contributed by atoms with van der Waals surface area (Å²) in [6, 6.07) is 9.37. The van der Waals surface area contributed by atoms with Crippen molar-refractivity contribution < 1.29 is 18.8 Å². The van der Waals surface area contributed by atoms with Crippen LogP contribution >= 0.6 is 0 Å². The molecule has 0 unspecified atom stereocenters. The lowest BCUT2D eigenvalue weighted by atomic mass is 10.1. The quantitative estimate of drug-likeness (QED) is 0.319. The lowest BCUT2D eigenvalue weighted by Crippen LogP contribution is -2.26. The number of fused-ring (bicyclic) bond motifs is 1. The van der Waals surface area contributed by atoms with E-state index in [0.717, 1.165) is 0 Å². The topological polar surface area (TPSA) is 92.5 Å². The van der Waals surface area contributed by atoms with E-state index in [1.807, 2.05) is 0 Å². The summed E-state index contributed by atoms with van der Waals surface area (Å²) >= 11 is 0. The van der Waals surface area contributed by atoms with Crippen LogP contribution in [0.5, 0.6) is 5.75 Å². The number of rotatable bonds is 3. The summed E-state index contributed by atoms with van der Waals surface area (Å²) in [6.07, 6.45) is 1.32. The Balaban J connectivity index is 2.22. The lowest BCUT2D eigenvalue weighted by Gasteiger charge is -2.06. The van der Waals surface area contributed by atoms with Crippen LogP contribution in [0.4, 0.5) is 5.88 Å². The fraction of sp³-hybridized carbons (Fsp3) is 0.0714. The smallest absolute Gasteiger partial charge is 0.433 e. The molecule has 2 aromatic heterocycles. The lowest BCUT2D eigenvalue weighted by molar-refractivity contribution is -0.576. The van der Waals surface area contributed by atoms with E-state index in [1.165, 1.54) is 25.4 Å². The Hall–Kier alpha value is -3.09. The molecular formula is C14H10N2O5. The zero-order valence-electron chi connectivity index (χ0n) is 11.0. The minimum Gasteiger partial charge on any atom is -0.618 e. The van der Waals surface area contributed by atoms with Crippen LogP contribution in [0.2, 0.25) is 0 Å². The molecule has 7 heteroatoms. The predicted octanol–water partition coefficient (Wildman–Crippen LogP) is 2.65.